The van der Waals surface area contributed by atoms with Crippen molar-refractivity contribution < 1.29 is 9.53 Å². The monoisotopic (exact) mass is 318 g/mol. The molecule has 0 unspecified atom stereocenters. The van der Waals surface area contributed by atoms with Gasteiger partial charge in [0.25, 0.3) is 5.91 Å². The molecule has 0 saturated carbocycles. The Morgan fingerprint density at radius 1 is 1.30 bits per heavy atom. The molecule has 1 heterocycles. The molecule has 4 nitrogen and oxygen atoms in total. The van der Waals surface area contributed by atoms with Gasteiger partial charge in [0.15, 0.2) is 0 Å². The number of aromatic nitrogens is 1. The predicted molar refractivity (Wildman–Crippen MR) is 81.5 cm³/mol. The maximum atomic E-state index is 12.6. The fourth-order valence-corrected chi connectivity index (χ4v) is 2.58. The summed E-state index contributed by atoms with van der Waals surface area (Å²) in [5.74, 6) is -0.0954. The number of methoxy groups -OCH3 is 1. The Morgan fingerprint density at radius 2 is 1.85 bits per heavy atom. The van der Waals surface area contributed by atoms with Crippen molar-refractivity contribution in [3.63, 3.8) is 0 Å². The van der Waals surface area contributed by atoms with Gasteiger partial charge in [0.1, 0.15) is 10.3 Å². The van der Waals surface area contributed by atoms with E-state index in [0.29, 0.717) is 18.7 Å². The first-order valence-corrected chi connectivity index (χ1v) is 7.42. The summed E-state index contributed by atoms with van der Waals surface area (Å²) in [5.41, 5.74) is 0.456. The maximum Gasteiger partial charge on any atom is 0.254 e. The van der Waals surface area contributed by atoms with Crippen LogP contribution in [0.5, 0.6) is 0 Å². The van der Waals surface area contributed by atoms with E-state index in [1.165, 1.54) is 12.1 Å². The second kappa shape index (κ2) is 8.45. The lowest BCUT2D eigenvalue weighted by molar-refractivity contribution is 0.0589. The molecule has 0 radical (unpaired) electrons. The van der Waals surface area contributed by atoms with Crippen LogP contribution < -0.4 is 0 Å². The largest absolute Gasteiger partial charge is 0.383 e. The van der Waals surface area contributed by atoms with Crippen LogP contribution in [0.1, 0.15) is 37.0 Å². The van der Waals surface area contributed by atoms with Crippen molar-refractivity contribution >= 4 is 29.1 Å². The molecule has 0 N–H and O–H groups in total. The first-order valence-electron chi connectivity index (χ1n) is 6.66. The summed E-state index contributed by atoms with van der Waals surface area (Å²) in [6.45, 7) is 5.16. The number of ether oxygens (including phenoxy) is 1. The van der Waals surface area contributed by atoms with E-state index in [2.05, 4.69) is 18.8 Å². The van der Waals surface area contributed by atoms with Gasteiger partial charge in [-0.05, 0) is 25.0 Å². The molecule has 6 heteroatoms. The third-order valence-corrected chi connectivity index (χ3v) is 3.58. The summed E-state index contributed by atoms with van der Waals surface area (Å²) in [7, 11) is 1.62. The first-order chi connectivity index (χ1) is 9.53. The minimum absolute atomic E-state index is 0.0954. The van der Waals surface area contributed by atoms with Crippen LogP contribution in [0.4, 0.5) is 0 Å². The molecule has 0 bridgehead atoms. The lowest BCUT2D eigenvalue weighted by Gasteiger charge is -2.30. The normalized spacial score (nSPS) is 10.9. The number of carbonyl (C=O) groups excluding carboxylic acids is 1. The highest BCUT2D eigenvalue weighted by molar-refractivity contribution is 6.33. The van der Waals surface area contributed by atoms with E-state index in [-0.39, 0.29) is 22.3 Å². The van der Waals surface area contributed by atoms with Crippen LogP contribution in [0.2, 0.25) is 10.3 Å². The molecule has 0 saturated heterocycles. The highest BCUT2D eigenvalue weighted by Gasteiger charge is 2.22. The van der Waals surface area contributed by atoms with Crippen LogP contribution in [0.3, 0.4) is 0 Å². The lowest BCUT2D eigenvalue weighted by atomic mass is 10.1. The van der Waals surface area contributed by atoms with Crippen LogP contribution >= 0.6 is 23.2 Å². The minimum Gasteiger partial charge on any atom is -0.383 e. The van der Waals surface area contributed by atoms with Gasteiger partial charge in [-0.25, -0.2) is 4.98 Å². The molecule has 0 aliphatic carbocycles. The molecule has 1 amide bonds. The van der Waals surface area contributed by atoms with Crippen molar-refractivity contribution in [3.8, 4) is 0 Å². The molecule has 0 atom stereocenters. The van der Waals surface area contributed by atoms with Crippen molar-refractivity contribution in [2.45, 2.75) is 32.7 Å². The van der Waals surface area contributed by atoms with Crippen molar-refractivity contribution in [3.05, 3.63) is 28.0 Å². The molecule has 112 valence electrons. The average Bonchev–Trinajstić information content (AvgIpc) is 2.41. The van der Waals surface area contributed by atoms with Gasteiger partial charge in [0.05, 0.1) is 6.61 Å². The van der Waals surface area contributed by atoms with Gasteiger partial charge in [0, 0.05) is 25.3 Å². The molecule has 1 aromatic heterocycles. The Morgan fingerprint density at radius 3 is 2.30 bits per heavy atom. The molecule has 1 rings (SSSR count). The van der Waals surface area contributed by atoms with Crippen LogP contribution in [0, 0.1) is 0 Å². The number of halogens is 2. The Hall–Kier alpha value is -0.840. The summed E-state index contributed by atoms with van der Waals surface area (Å²) in [4.78, 5) is 18.3. The summed E-state index contributed by atoms with van der Waals surface area (Å²) in [5, 5.41) is 0.439. The predicted octanol–water partition coefficient (Wildman–Crippen LogP) is 3.67. The number of nitrogens with zero attached hydrogens (tertiary/aromatic N) is 2. The number of amides is 1. The van der Waals surface area contributed by atoms with Crippen molar-refractivity contribution in [1.29, 1.82) is 0 Å². The second-order valence-corrected chi connectivity index (χ2v) is 5.24. The lowest BCUT2D eigenvalue weighted by Crippen LogP contribution is -2.41. The van der Waals surface area contributed by atoms with Crippen molar-refractivity contribution in [2.24, 2.45) is 0 Å². The van der Waals surface area contributed by atoms with Gasteiger partial charge in [-0.2, -0.15) is 0 Å². The van der Waals surface area contributed by atoms with E-state index in [4.69, 9.17) is 27.9 Å². The SMILES string of the molecule is CCC(CC)N(CCOC)C(=O)c1cc(Cl)nc(Cl)c1. The van der Waals surface area contributed by atoms with Crippen molar-refractivity contribution in [1.82, 2.24) is 9.88 Å². The van der Waals surface area contributed by atoms with Crippen molar-refractivity contribution in [2.75, 3.05) is 20.3 Å². The average molecular weight is 319 g/mol. The summed E-state index contributed by atoms with van der Waals surface area (Å²) < 4.78 is 5.09. The van der Waals surface area contributed by atoms with Gasteiger partial charge < -0.3 is 9.64 Å². The summed E-state index contributed by atoms with van der Waals surface area (Å²) in [6.07, 6.45) is 1.77. The fraction of sp³-hybridized carbons (Fsp3) is 0.571. The van der Waals surface area contributed by atoms with Gasteiger partial charge in [-0.3, -0.25) is 4.79 Å². The quantitative estimate of drug-likeness (QED) is 0.720. The molecular formula is C14H20Cl2N2O2. The van der Waals surface area contributed by atoms with Gasteiger partial charge >= 0.3 is 0 Å². The minimum atomic E-state index is -0.0954. The number of rotatable bonds is 7. The zero-order chi connectivity index (χ0) is 15.1. The van der Waals surface area contributed by atoms with Crippen LogP contribution in [-0.2, 0) is 4.74 Å². The van der Waals surface area contributed by atoms with E-state index < -0.39 is 0 Å². The molecule has 1 aromatic rings. The van der Waals surface area contributed by atoms with Gasteiger partial charge in [-0.1, -0.05) is 37.0 Å². The Labute approximate surface area is 130 Å². The second-order valence-electron chi connectivity index (χ2n) is 4.46. The number of pyridine rings is 1. The highest BCUT2D eigenvalue weighted by Crippen LogP contribution is 2.19. The van der Waals surface area contributed by atoms with Gasteiger partial charge in [-0.15, -0.1) is 0 Å². The zero-order valence-electron chi connectivity index (χ0n) is 12.0. The van der Waals surface area contributed by atoms with Crippen LogP contribution in [0.25, 0.3) is 0 Å². The standard InChI is InChI=1S/C14H20Cl2N2O2/c1-4-11(5-2)18(6-7-20-3)14(19)10-8-12(15)17-13(16)9-10/h8-9,11H,4-7H2,1-3H3. The molecule has 0 spiro atoms. The molecule has 0 fully saturated rings. The van der Waals surface area contributed by atoms with Gasteiger partial charge in [0.2, 0.25) is 0 Å². The fourth-order valence-electron chi connectivity index (χ4n) is 2.12. The summed E-state index contributed by atoms with van der Waals surface area (Å²) >= 11 is 11.7. The highest BCUT2D eigenvalue weighted by atomic mass is 35.5. The molecule has 0 aliphatic rings. The maximum absolute atomic E-state index is 12.6. The molecule has 0 aliphatic heterocycles. The Bertz CT molecular complexity index is 431. The Kier molecular flexibility index (Phi) is 7.27. The topological polar surface area (TPSA) is 42.4 Å². The first kappa shape index (κ1) is 17.2. The van der Waals surface area contributed by atoms with E-state index in [1.807, 2.05) is 4.90 Å². The number of carbonyl (C=O) groups is 1. The zero-order valence-corrected chi connectivity index (χ0v) is 13.5. The summed E-state index contributed by atoms with van der Waals surface area (Å²) in [6, 6.07) is 3.25. The Balaban J connectivity index is 3.02. The third kappa shape index (κ3) is 4.62. The molecule has 20 heavy (non-hydrogen) atoms. The van der Waals surface area contributed by atoms with E-state index in [9.17, 15) is 4.79 Å². The third-order valence-electron chi connectivity index (χ3n) is 3.19. The van der Waals surface area contributed by atoms with Crippen LogP contribution in [-0.4, -0.2) is 42.1 Å². The van der Waals surface area contributed by atoms with E-state index >= 15 is 0 Å². The number of hydrogen-bond donors (Lipinski definition) is 0. The molecule has 0 aromatic carbocycles. The van der Waals surface area contributed by atoms with E-state index in [0.717, 1.165) is 12.8 Å². The van der Waals surface area contributed by atoms with Crippen LogP contribution in [0.15, 0.2) is 12.1 Å². The smallest absolute Gasteiger partial charge is 0.254 e. The molecular weight excluding hydrogens is 299 g/mol. The van der Waals surface area contributed by atoms with E-state index in [1.54, 1.807) is 7.11 Å². The number of hydrogen-bond acceptors (Lipinski definition) is 3.